The molecule has 0 saturated heterocycles. The highest BCUT2D eigenvalue weighted by Crippen LogP contribution is 2.21. The van der Waals surface area contributed by atoms with E-state index in [0.717, 1.165) is 22.6 Å². The quantitative estimate of drug-likeness (QED) is 0.615. The molecule has 0 saturated carbocycles. The van der Waals surface area contributed by atoms with Gasteiger partial charge in [-0.05, 0) is 18.2 Å². The zero-order valence-electron chi connectivity index (χ0n) is 15.6. The Hall–Kier alpha value is -3.58. The second-order valence-electron chi connectivity index (χ2n) is 6.01. The topological polar surface area (TPSA) is 112 Å². The van der Waals surface area contributed by atoms with Crippen molar-refractivity contribution in [2.75, 3.05) is 12.8 Å². The molecule has 2 heterocycles. The van der Waals surface area contributed by atoms with E-state index < -0.39 is 0 Å². The Morgan fingerprint density at radius 1 is 1.04 bits per heavy atom. The van der Waals surface area contributed by atoms with E-state index in [1.807, 2.05) is 54.6 Å². The first-order valence-corrected chi connectivity index (χ1v) is 8.75. The number of ether oxygens (including phenoxy) is 1. The summed E-state index contributed by atoms with van der Waals surface area (Å²) in [6.07, 6.45) is 3.12. The van der Waals surface area contributed by atoms with Crippen LogP contribution in [0, 0.1) is 0 Å². The third-order valence-corrected chi connectivity index (χ3v) is 3.93. The molecule has 3 aromatic rings. The summed E-state index contributed by atoms with van der Waals surface area (Å²) in [6.45, 7) is 0.884. The number of allylic oxidation sites excluding steroid dienone is 1. The highest BCUT2D eigenvalue weighted by atomic mass is 16.5. The van der Waals surface area contributed by atoms with Crippen molar-refractivity contribution >= 4 is 17.7 Å². The zero-order valence-corrected chi connectivity index (χ0v) is 15.6. The Balaban J connectivity index is 1.79. The van der Waals surface area contributed by atoms with Gasteiger partial charge in [0.15, 0.2) is 0 Å². The fourth-order valence-corrected chi connectivity index (χ4v) is 2.65. The van der Waals surface area contributed by atoms with Crippen LogP contribution in [0.15, 0.2) is 65.8 Å². The smallest absolute Gasteiger partial charge is 0.221 e. The number of hydrogen-bond acceptors (Lipinski definition) is 7. The fourth-order valence-electron chi connectivity index (χ4n) is 2.65. The fraction of sp³-hybridized carbons (Fsp3) is 0.143. The lowest BCUT2D eigenvalue weighted by Crippen LogP contribution is -2.03. The summed E-state index contributed by atoms with van der Waals surface area (Å²) in [5.74, 6) is 0.179. The molecule has 1 aromatic carbocycles. The first-order valence-electron chi connectivity index (χ1n) is 8.75. The lowest BCUT2D eigenvalue weighted by Gasteiger charge is -2.06. The van der Waals surface area contributed by atoms with Crippen molar-refractivity contribution in [2.24, 2.45) is 10.7 Å². The van der Waals surface area contributed by atoms with Gasteiger partial charge in [-0.3, -0.25) is 9.98 Å². The summed E-state index contributed by atoms with van der Waals surface area (Å²) in [5, 5.41) is 0. The highest BCUT2D eigenvalue weighted by Gasteiger charge is 2.08. The molecule has 0 fully saturated rings. The molecule has 0 aliphatic carbocycles. The van der Waals surface area contributed by atoms with Gasteiger partial charge >= 0.3 is 0 Å². The largest absolute Gasteiger partial charge is 0.404 e. The minimum absolute atomic E-state index is 0.179. The van der Waals surface area contributed by atoms with Gasteiger partial charge in [0, 0.05) is 30.7 Å². The van der Waals surface area contributed by atoms with Gasteiger partial charge < -0.3 is 16.2 Å². The molecule has 3 rings (SSSR count). The van der Waals surface area contributed by atoms with Gasteiger partial charge in [0.1, 0.15) is 0 Å². The SMILES string of the molecule is COCc1cccc(CN=CC(=CN)c2cc(-c3ccccc3)nc(N)n2)n1. The van der Waals surface area contributed by atoms with E-state index in [2.05, 4.69) is 19.9 Å². The van der Waals surface area contributed by atoms with Crippen LogP contribution < -0.4 is 11.5 Å². The molecule has 0 aliphatic rings. The second-order valence-corrected chi connectivity index (χ2v) is 6.01. The van der Waals surface area contributed by atoms with Crippen LogP contribution in [0.5, 0.6) is 0 Å². The molecule has 4 N–H and O–H groups in total. The summed E-state index contributed by atoms with van der Waals surface area (Å²) in [4.78, 5) is 17.5. The Morgan fingerprint density at radius 3 is 2.57 bits per heavy atom. The van der Waals surface area contributed by atoms with Gasteiger partial charge in [0.25, 0.3) is 0 Å². The summed E-state index contributed by atoms with van der Waals surface area (Å²) in [6, 6.07) is 17.4. The Labute approximate surface area is 163 Å². The molecule has 0 bridgehead atoms. The first kappa shape index (κ1) is 19.2. The van der Waals surface area contributed by atoms with E-state index in [1.54, 1.807) is 13.3 Å². The lowest BCUT2D eigenvalue weighted by atomic mass is 10.1. The van der Waals surface area contributed by atoms with Crippen molar-refractivity contribution in [3.05, 3.63) is 77.9 Å². The van der Waals surface area contributed by atoms with Crippen molar-refractivity contribution in [2.45, 2.75) is 13.2 Å². The summed E-state index contributed by atoms with van der Waals surface area (Å²) in [5.41, 5.74) is 16.3. The van der Waals surface area contributed by atoms with Crippen LogP contribution in [0.2, 0.25) is 0 Å². The van der Waals surface area contributed by atoms with E-state index in [9.17, 15) is 0 Å². The van der Waals surface area contributed by atoms with E-state index in [4.69, 9.17) is 16.2 Å². The summed E-state index contributed by atoms with van der Waals surface area (Å²) in [7, 11) is 1.64. The number of pyridine rings is 1. The number of benzene rings is 1. The van der Waals surface area contributed by atoms with Crippen molar-refractivity contribution in [3.63, 3.8) is 0 Å². The molecule has 0 unspecified atom stereocenters. The zero-order chi connectivity index (χ0) is 19.8. The number of aromatic nitrogens is 3. The van der Waals surface area contributed by atoms with E-state index in [1.165, 1.54) is 6.20 Å². The molecule has 0 amide bonds. The second kappa shape index (κ2) is 9.38. The number of nitrogens with zero attached hydrogens (tertiary/aromatic N) is 4. The normalized spacial score (nSPS) is 11.8. The maximum Gasteiger partial charge on any atom is 0.221 e. The molecule has 0 aliphatic heterocycles. The van der Waals surface area contributed by atoms with Crippen molar-refractivity contribution < 1.29 is 4.74 Å². The van der Waals surface area contributed by atoms with Gasteiger partial charge in [-0.2, -0.15) is 0 Å². The lowest BCUT2D eigenvalue weighted by molar-refractivity contribution is 0.181. The van der Waals surface area contributed by atoms with Crippen LogP contribution >= 0.6 is 0 Å². The number of methoxy groups -OCH3 is 1. The number of nitrogens with two attached hydrogens (primary N) is 2. The monoisotopic (exact) mass is 374 g/mol. The molecule has 28 heavy (non-hydrogen) atoms. The average molecular weight is 374 g/mol. The Bertz CT molecular complexity index is 985. The number of anilines is 1. The van der Waals surface area contributed by atoms with Crippen LogP contribution in [0.1, 0.15) is 17.1 Å². The van der Waals surface area contributed by atoms with Gasteiger partial charge in [0.2, 0.25) is 5.95 Å². The summed E-state index contributed by atoms with van der Waals surface area (Å²) < 4.78 is 5.11. The predicted octanol–water partition coefficient (Wildman–Crippen LogP) is 2.84. The van der Waals surface area contributed by atoms with E-state index in [0.29, 0.717) is 24.4 Å². The Kier molecular flexibility index (Phi) is 6.43. The maximum absolute atomic E-state index is 5.90. The average Bonchev–Trinajstić information content (AvgIpc) is 2.72. The van der Waals surface area contributed by atoms with Crippen LogP contribution in [-0.4, -0.2) is 28.3 Å². The van der Waals surface area contributed by atoms with Gasteiger partial charge in [-0.1, -0.05) is 36.4 Å². The van der Waals surface area contributed by atoms with Gasteiger partial charge in [-0.15, -0.1) is 0 Å². The first-order chi connectivity index (χ1) is 13.7. The third-order valence-electron chi connectivity index (χ3n) is 3.93. The molecule has 7 heteroatoms. The summed E-state index contributed by atoms with van der Waals surface area (Å²) >= 11 is 0. The Morgan fingerprint density at radius 2 is 1.82 bits per heavy atom. The predicted molar refractivity (Wildman–Crippen MR) is 111 cm³/mol. The number of aliphatic imine (C=N–C) groups is 1. The van der Waals surface area contributed by atoms with Crippen molar-refractivity contribution in [1.82, 2.24) is 15.0 Å². The standard InChI is InChI=1S/C21H22N6O/c1-28-14-18-9-5-8-17(25-18)13-24-12-16(11-22)20-10-19(26-21(23)27-20)15-6-3-2-4-7-15/h2-12H,13-14,22H2,1H3,(H2,23,26,27). The molecule has 0 spiro atoms. The molecule has 2 aromatic heterocycles. The minimum Gasteiger partial charge on any atom is -0.404 e. The number of rotatable bonds is 7. The third kappa shape index (κ3) is 4.99. The minimum atomic E-state index is 0.179. The molecule has 7 nitrogen and oxygen atoms in total. The van der Waals surface area contributed by atoms with Crippen molar-refractivity contribution in [1.29, 1.82) is 0 Å². The molecular weight excluding hydrogens is 352 g/mol. The molecule has 0 atom stereocenters. The van der Waals surface area contributed by atoms with Crippen LogP contribution in [-0.2, 0) is 17.9 Å². The number of hydrogen-bond donors (Lipinski definition) is 2. The molecule has 0 radical (unpaired) electrons. The van der Waals surface area contributed by atoms with Crippen molar-refractivity contribution in [3.8, 4) is 11.3 Å². The van der Waals surface area contributed by atoms with E-state index in [-0.39, 0.29) is 5.95 Å². The van der Waals surface area contributed by atoms with E-state index >= 15 is 0 Å². The van der Waals surface area contributed by atoms with Gasteiger partial charge in [0.05, 0.1) is 35.9 Å². The highest BCUT2D eigenvalue weighted by molar-refractivity contribution is 6.09. The van der Waals surface area contributed by atoms with Crippen LogP contribution in [0.3, 0.4) is 0 Å². The van der Waals surface area contributed by atoms with Crippen LogP contribution in [0.4, 0.5) is 5.95 Å². The number of nitrogen functional groups attached to an aromatic ring is 1. The maximum atomic E-state index is 5.90. The molecular formula is C21H22N6O. The van der Waals surface area contributed by atoms with Crippen LogP contribution in [0.25, 0.3) is 16.8 Å². The van der Waals surface area contributed by atoms with Gasteiger partial charge in [-0.25, -0.2) is 9.97 Å². The molecule has 142 valence electrons.